The number of fused-ring (bicyclic) bond motifs is 1. The number of hydrogen-bond donors (Lipinski definition) is 1. The van der Waals surface area contributed by atoms with Gasteiger partial charge in [0.25, 0.3) is 10.0 Å². The molecule has 162 valence electrons. The fourth-order valence-corrected chi connectivity index (χ4v) is 5.00. The molecule has 0 heterocycles. The Labute approximate surface area is 192 Å². The first kappa shape index (κ1) is 22.0. The highest BCUT2D eigenvalue weighted by Gasteiger charge is 2.27. The van der Waals surface area contributed by atoms with E-state index in [2.05, 4.69) is 9.71 Å². The minimum Gasteiger partial charge on any atom is -0.352 e. The van der Waals surface area contributed by atoms with Crippen LogP contribution in [0.25, 0.3) is 0 Å². The Hall–Kier alpha value is -3.22. The Kier molecular flexibility index (Phi) is 5.75. The second kappa shape index (κ2) is 8.37. The highest BCUT2D eigenvalue weighted by molar-refractivity contribution is 7.90. The van der Waals surface area contributed by atoms with Gasteiger partial charge in [0.1, 0.15) is 0 Å². The first-order valence-corrected chi connectivity index (χ1v) is 11.8. The number of halogens is 1. The Morgan fingerprint density at radius 3 is 2.16 bits per heavy atom. The summed E-state index contributed by atoms with van der Waals surface area (Å²) in [4.78, 5) is 13.2. The van der Waals surface area contributed by atoms with E-state index in [0.29, 0.717) is 27.4 Å². The first-order valence-electron chi connectivity index (χ1n) is 9.97. The molecule has 0 fully saturated rings. The molecular weight excluding hydrogens is 444 g/mol. The van der Waals surface area contributed by atoms with Gasteiger partial charge in [-0.15, -0.1) is 0 Å². The number of aryl methyl sites for hydroxylation is 3. The van der Waals surface area contributed by atoms with Crippen LogP contribution in [0, 0.1) is 20.8 Å². The van der Waals surface area contributed by atoms with Crippen molar-refractivity contribution in [3.63, 3.8) is 0 Å². The molecule has 0 aliphatic heterocycles. The van der Waals surface area contributed by atoms with Crippen molar-refractivity contribution in [3.05, 3.63) is 105 Å². The molecule has 0 saturated heterocycles. The van der Waals surface area contributed by atoms with E-state index < -0.39 is 10.0 Å². The maximum atomic E-state index is 13.2. The summed E-state index contributed by atoms with van der Waals surface area (Å²) in [6.07, 6.45) is 1.48. The predicted molar refractivity (Wildman–Crippen MR) is 128 cm³/mol. The molecular formula is C25H21ClN2O3S. The van der Waals surface area contributed by atoms with E-state index in [1.807, 2.05) is 19.9 Å². The number of carbonyl (C=O) groups excluding carboxylic acids is 1. The molecule has 0 radical (unpaired) electrons. The van der Waals surface area contributed by atoms with Crippen molar-refractivity contribution in [2.75, 3.05) is 5.32 Å². The van der Waals surface area contributed by atoms with Gasteiger partial charge in [0.05, 0.1) is 16.3 Å². The third kappa shape index (κ3) is 4.24. The third-order valence-electron chi connectivity index (χ3n) is 5.38. The second-order valence-electron chi connectivity index (χ2n) is 7.72. The Balaban J connectivity index is 1.84. The fraction of sp³-hybridized carbons (Fsp3) is 0.120. The zero-order chi connectivity index (χ0) is 23.0. The van der Waals surface area contributed by atoms with Crippen molar-refractivity contribution in [2.45, 2.75) is 25.7 Å². The van der Waals surface area contributed by atoms with E-state index >= 15 is 0 Å². The zero-order valence-electron chi connectivity index (χ0n) is 17.8. The lowest BCUT2D eigenvalue weighted by Crippen LogP contribution is -2.22. The molecule has 3 aromatic rings. The van der Waals surface area contributed by atoms with Crippen LogP contribution in [0.2, 0.25) is 5.02 Å². The molecule has 0 aromatic heterocycles. The van der Waals surface area contributed by atoms with Crippen LogP contribution in [0.1, 0.15) is 32.6 Å². The highest BCUT2D eigenvalue weighted by atomic mass is 35.5. The van der Waals surface area contributed by atoms with Crippen molar-refractivity contribution in [3.8, 4) is 0 Å². The van der Waals surface area contributed by atoms with Crippen LogP contribution in [0.4, 0.5) is 5.69 Å². The average molecular weight is 465 g/mol. The number of carbonyl (C=O) groups is 1. The molecule has 7 heteroatoms. The number of sulfonamides is 1. The van der Waals surface area contributed by atoms with Gasteiger partial charge in [0.2, 0.25) is 5.78 Å². The van der Waals surface area contributed by atoms with Crippen LogP contribution in [0.15, 0.2) is 81.7 Å². The van der Waals surface area contributed by atoms with Crippen LogP contribution >= 0.6 is 11.6 Å². The topological polar surface area (TPSA) is 75.6 Å². The van der Waals surface area contributed by atoms with Crippen LogP contribution in [0.3, 0.4) is 0 Å². The summed E-state index contributed by atoms with van der Waals surface area (Å²) < 4.78 is 30.6. The van der Waals surface area contributed by atoms with Gasteiger partial charge in [-0.25, -0.2) is 0 Å². The summed E-state index contributed by atoms with van der Waals surface area (Å²) in [6.45, 7) is 5.55. The summed E-state index contributed by atoms with van der Waals surface area (Å²) in [6, 6.07) is 17.2. The number of benzene rings is 3. The number of nitrogens with zero attached hydrogens (tertiary/aromatic N) is 1. The summed E-state index contributed by atoms with van der Waals surface area (Å²) >= 11 is 5.94. The van der Waals surface area contributed by atoms with Gasteiger partial charge in [-0.2, -0.15) is 12.8 Å². The monoisotopic (exact) mass is 464 g/mol. The number of anilines is 1. The molecule has 0 bridgehead atoms. The van der Waals surface area contributed by atoms with Crippen LogP contribution in [0.5, 0.6) is 0 Å². The van der Waals surface area contributed by atoms with Gasteiger partial charge in [-0.3, -0.25) is 4.79 Å². The lowest BCUT2D eigenvalue weighted by molar-refractivity contribution is 0.103. The number of ketones is 1. The van der Waals surface area contributed by atoms with Crippen molar-refractivity contribution in [1.82, 2.24) is 0 Å². The normalized spacial score (nSPS) is 14.8. The zero-order valence-corrected chi connectivity index (χ0v) is 19.4. The largest absolute Gasteiger partial charge is 0.352 e. The predicted octanol–water partition coefficient (Wildman–Crippen LogP) is 5.64. The molecule has 4 rings (SSSR count). The van der Waals surface area contributed by atoms with Crippen LogP contribution in [-0.4, -0.2) is 19.9 Å². The van der Waals surface area contributed by atoms with Crippen molar-refractivity contribution >= 4 is 38.8 Å². The minimum atomic E-state index is -4.01. The van der Waals surface area contributed by atoms with Crippen molar-refractivity contribution < 1.29 is 13.2 Å². The van der Waals surface area contributed by atoms with Crippen LogP contribution in [-0.2, 0) is 10.0 Å². The molecule has 0 amide bonds. The second-order valence-corrected chi connectivity index (χ2v) is 9.73. The standard InChI is InChI=1S/C25H21ClN2O3S/c1-15-12-17(3)24(13-16(15)2)32(30,31)28-22-14-23(27-19-10-8-18(26)9-11-19)25(29)21-7-5-4-6-20(21)22/h4-14,27H,1-3H3. The molecule has 3 aromatic carbocycles. The molecule has 1 aliphatic rings. The van der Waals surface area contributed by atoms with E-state index in [-0.39, 0.29) is 22.1 Å². The third-order valence-corrected chi connectivity index (χ3v) is 7.07. The van der Waals surface area contributed by atoms with Gasteiger partial charge in [0, 0.05) is 21.8 Å². The fourth-order valence-electron chi connectivity index (χ4n) is 3.58. The number of hydrogen-bond acceptors (Lipinski definition) is 4. The van der Waals surface area contributed by atoms with Crippen molar-refractivity contribution in [1.29, 1.82) is 0 Å². The lowest BCUT2D eigenvalue weighted by Gasteiger charge is -2.19. The van der Waals surface area contributed by atoms with Gasteiger partial charge < -0.3 is 5.32 Å². The number of allylic oxidation sites excluding steroid dienone is 2. The van der Waals surface area contributed by atoms with E-state index in [4.69, 9.17) is 11.6 Å². The highest BCUT2D eigenvalue weighted by Crippen LogP contribution is 2.27. The van der Waals surface area contributed by atoms with Crippen molar-refractivity contribution in [2.24, 2.45) is 4.40 Å². The summed E-state index contributed by atoms with van der Waals surface area (Å²) in [7, 11) is -4.01. The smallest absolute Gasteiger partial charge is 0.283 e. The minimum absolute atomic E-state index is 0.156. The maximum Gasteiger partial charge on any atom is 0.283 e. The summed E-state index contributed by atoms with van der Waals surface area (Å²) in [5, 5.41) is 3.63. The van der Waals surface area contributed by atoms with Gasteiger partial charge >= 0.3 is 0 Å². The molecule has 0 saturated carbocycles. The molecule has 32 heavy (non-hydrogen) atoms. The first-order chi connectivity index (χ1) is 15.2. The number of Topliss-reactive ketones (excluding diaryl/α,β-unsaturated/α-hetero) is 1. The van der Waals surface area contributed by atoms with E-state index in [1.165, 1.54) is 6.08 Å². The summed E-state index contributed by atoms with van der Waals surface area (Å²) in [5.41, 5.74) is 4.46. The van der Waals surface area contributed by atoms with E-state index in [0.717, 1.165) is 11.1 Å². The van der Waals surface area contributed by atoms with Crippen LogP contribution < -0.4 is 5.32 Å². The van der Waals surface area contributed by atoms with Gasteiger partial charge in [-0.1, -0.05) is 41.9 Å². The Morgan fingerprint density at radius 1 is 0.844 bits per heavy atom. The molecule has 0 atom stereocenters. The quantitative estimate of drug-likeness (QED) is 0.542. The SMILES string of the molecule is Cc1cc(C)c(S(=O)(=O)N=C2C=C(Nc3ccc(Cl)cc3)C(=O)c3ccccc32)cc1C. The molecule has 0 spiro atoms. The Bertz CT molecular complexity index is 1410. The molecule has 5 nitrogen and oxygen atoms in total. The van der Waals surface area contributed by atoms with Gasteiger partial charge in [0.15, 0.2) is 0 Å². The molecule has 1 aliphatic carbocycles. The lowest BCUT2D eigenvalue weighted by atomic mass is 9.92. The van der Waals surface area contributed by atoms with Gasteiger partial charge in [-0.05, 0) is 73.9 Å². The Morgan fingerprint density at radius 2 is 1.47 bits per heavy atom. The van der Waals surface area contributed by atoms with E-state index in [1.54, 1.807) is 61.5 Å². The molecule has 0 unspecified atom stereocenters. The number of rotatable bonds is 4. The molecule has 1 N–H and O–H groups in total. The average Bonchev–Trinajstić information content (AvgIpc) is 2.75. The van der Waals surface area contributed by atoms with E-state index in [9.17, 15) is 13.2 Å². The number of nitrogens with one attached hydrogen (secondary N) is 1. The maximum absolute atomic E-state index is 13.2. The summed E-state index contributed by atoms with van der Waals surface area (Å²) in [5.74, 6) is -0.241.